The van der Waals surface area contributed by atoms with Crippen LogP contribution in [0.25, 0.3) is 16.7 Å². The fourth-order valence-electron chi connectivity index (χ4n) is 5.83. The molecule has 1 saturated heterocycles. The number of likely N-dealkylation sites (tertiary alicyclic amines) is 1. The molecular formula is C27H28Cl2N6O2. The first-order valence-corrected chi connectivity index (χ1v) is 13.3. The minimum absolute atomic E-state index is 0.107. The zero-order valence-electron chi connectivity index (χ0n) is 20.7. The van der Waals surface area contributed by atoms with Crippen molar-refractivity contribution >= 4 is 45.9 Å². The number of hydrogen-bond acceptors (Lipinski definition) is 6. The summed E-state index contributed by atoms with van der Waals surface area (Å²) >= 11 is 12.6. The van der Waals surface area contributed by atoms with Gasteiger partial charge in [-0.15, -0.1) is 0 Å². The van der Waals surface area contributed by atoms with Crippen molar-refractivity contribution in [1.82, 2.24) is 24.6 Å². The number of nitrogens with zero attached hydrogens (tertiary/aromatic N) is 6. The third-order valence-electron chi connectivity index (χ3n) is 7.68. The van der Waals surface area contributed by atoms with E-state index in [0.29, 0.717) is 33.2 Å². The van der Waals surface area contributed by atoms with Crippen LogP contribution in [0.15, 0.2) is 30.5 Å². The number of hydrogen-bond donors (Lipinski definition) is 1. The molecule has 0 spiro atoms. The number of rotatable bonds is 6. The van der Waals surface area contributed by atoms with Crippen LogP contribution in [0.2, 0.25) is 10.0 Å². The summed E-state index contributed by atoms with van der Waals surface area (Å²) in [4.78, 5) is 23.3. The number of aliphatic carboxylic acids is 1. The number of fused-ring (bicyclic) bond motifs is 1. The highest BCUT2D eigenvalue weighted by Crippen LogP contribution is 2.37. The second-order valence-electron chi connectivity index (χ2n) is 10.0. The molecule has 1 aliphatic heterocycles. The van der Waals surface area contributed by atoms with Gasteiger partial charge in [0.25, 0.3) is 0 Å². The van der Waals surface area contributed by atoms with Crippen LogP contribution in [0.5, 0.6) is 0 Å². The van der Waals surface area contributed by atoms with Crippen LogP contribution in [-0.4, -0.2) is 54.4 Å². The van der Waals surface area contributed by atoms with Gasteiger partial charge in [-0.3, -0.25) is 9.69 Å². The summed E-state index contributed by atoms with van der Waals surface area (Å²) in [5, 5.41) is 24.6. The molecule has 3 unspecified atom stereocenters. The Labute approximate surface area is 225 Å². The van der Waals surface area contributed by atoms with Crippen LogP contribution in [0.4, 0.5) is 0 Å². The van der Waals surface area contributed by atoms with Gasteiger partial charge in [-0.05, 0) is 68.3 Å². The summed E-state index contributed by atoms with van der Waals surface area (Å²) < 4.78 is 1.70. The fourth-order valence-corrected chi connectivity index (χ4v) is 6.40. The van der Waals surface area contributed by atoms with Crippen molar-refractivity contribution in [2.75, 3.05) is 6.54 Å². The highest BCUT2D eigenvalue weighted by Gasteiger charge is 2.36. The SMILES string of the molecule is CC1CC(c2cnc3c(C#N)nn([C@H](C)c4ccc(Cl)cc4Cl)c3n2)=CCC1N1CCCC1CC(=O)O. The molecule has 2 aliphatic rings. The van der Waals surface area contributed by atoms with Crippen LogP contribution >= 0.6 is 23.2 Å². The Morgan fingerprint density at radius 1 is 1.35 bits per heavy atom. The molecule has 8 nitrogen and oxygen atoms in total. The van der Waals surface area contributed by atoms with E-state index >= 15 is 0 Å². The third kappa shape index (κ3) is 4.96. The lowest BCUT2D eigenvalue weighted by atomic mass is 9.83. The Kier molecular flexibility index (Phi) is 7.21. The van der Waals surface area contributed by atoms with Gasteiger partial charge in [0.05, 0.1) is 24.4 Å². The molecule has 3 heterocycles. The van der Waals surface area contributed by atoms with Gasteiger partial charge in [-0.25, -0.2) is 14.6 Å². The average Bonchev–Trinajstić information content (AvgIpc) is 3.47. The van der Waals surface area contributed by atoms with E-state index in [1.807, 2.05) is 13.0 Å². The van der Waals surface area contributed by atoms with Crippen molar-refractivity contribution in [3.63, 3.8) is 0 Å². The second-order valence-corrected chi connectivity index (χ2v) is 10.9. The number of carboxylic acid groups (broad SMARTS) is 1. The van der Waals surface area contributed by atoms with Crippen molar-refractivity contribution in [1.29, 1.82) is 5.26 Å². The van der Waals surface area contributed by atoms with Crippen LogP contribution in [-0.2, 0) is 4.79 Å². The van der Waals surface area contributed by atoms with Gasteiger partial charge in [0.15, 0.2) is 11.3 Å². The van der Waals surface area contributed by atoms with Gasteiger partial charge in [0, 0.05) is 22.1 Å². The Hall–Kier alpha value is -2.99. The zero-order chi connectivity index (χ0) is 26.3. The smallest absolute Gasteiger partial charge is 0.304 e. The highest BCUT2D eigenvalue weighted by atomic mass is 35.5. The Balaban J connectivity index is 1.46. The summed E-state index contributed by atoms with van der Waals surface area (Å²) in [5.74, 6) is -0.388. The molecule has 192 valence electrons. The maximum atomic E-state index is 11.3. The Bertz CT molecular complexity index is 1430. The molecule has 2 aromatic heterocycles. The number of halogens is 2. The lowest BCUT2D eigenvalue weighted by Crippen LogP contribution is -2.44. The maximum Gasteiger partial charge on any atom is 0.304 e. The van der Waals surface area contributed by atoms with Crippen molar-refractivity contribution in [2.45, 2.75) is 64.1 Å². The number of carboxylic acids is 1. The molecule has 0 bridgehead atoms. The van der Waals surface area contributed by atoms with Crippen molar-refractivity contribution in [2.24, 2.45) is 5.92 Å². The predicted molar refractivity (Wildman–Crippen MR) is 142 cm³/mol. The van der Waals surface area contributed by atoms with E-state index in [9.17, 15) is 15.2 Å². The summed E-state index contributed by atoms with van der Waals surface area (Å²) in [5.41, 5.74) is 3.90. The first kappa shape index (κ1) is 25.7. The van der Waals surface area contributed by atoms with Gasteiger partial charge >= 0.3 is 5.97 Å². The molecule has 3 aromatic rings. The van der Waals surface area contributed by atoms with E-state index < -0.39 is 5.97 Å². The van der Waals surface area contributed by atoms with Crippen molar-refractivity contribution in [3.8, 4) is 6.07 Å². The lowest BCUT2D eigenvalue weighted by molar-refractivity contribution is -0.138. The first-order valence-electron chi connectivity index (χ1n) is 12.5. The monoisotopic (exact) mass is 538 g/mol. The predicted octanol–water partition coefficient (Wildman–Crippen LogP) is 5.74. The standard InChI is InChI=1S/C27H28Cl2N6O2/c1-15-10-17(5-8-24(15)34-9-3-4-19(34)12-25(36)37)23-14-31-26-22(13-30)33-35(27(26)32-23)16(2)20-7-6-18(28)11-21(20)29/h5-7,11,14-16,19,24H,3-4,8-10,12H2,1-2H3,(H,36,37)/t15?,16-,19?,24?/m1/s1. The lowest BCUT2D eigenvalue weighted by Gasteiger charge is -2.38. The minimum atomic E-state index is -0.734. The molecule has 1 aromatic carbocycles. The van der Waals surface area contributed by atoms with Gasteiger partial charge in [-0.2, -0.15) is 10.4 Å². The second kappa shape index (κ2) is 10.4. The molecule has 1 N–H and O–H groups in total. The van der Waals surface area contributed by atoms with Gasteiger partial charge in [-0.1, -0.05) is 42.3 Å². The summed E-state index contributed by atoms with van der Waals surface area (Å²) in [6.45, 7) is 5.12. The van der Waals surface area contributed by atoms with Crippen molar-refractivity contribution in [3.05, 3.63) is 57.5 Å². The van der Waals surface area contributed by atoms with Crippen LogP contribution in [0, 0.1) is 17.2 Å². The van der Waals surface area contributed by atoms with Crippen LogP contribution in [0.3, 0.4) is 0 Å². The summed E-state index contributed by atoms with van der Waals surface area (Å²) in [6, 6.07) is 7.59. The highest BCUT2D eigenvalue weighted by molar-refractivity contribution is 6.35. The molecule has 1 fully saturated rings. The van der Waals surface area contributed by atoms with E-state index in [1.54, 1.807) is 23.0 Å². The van der Waals surface area contributed by atoms with E-state index in [1.165, 1.54) is 0 Å². The molecule has 37 heavy (non-hydrogen) atoms. The number of carbonyl (C=O) groups is 1. The minimum Gasteiger partial charge on any atom is -0.481 e. The molecule has 0 saturated carbocycles. The maximum absolute atomic E-state index is 11.3. The Morgan fingerprint density at radius 3 is 2.86 bits per heavy atom. The van der Waals surface area contributed by atoms with Gasteiger partial charge in [0.2, 0.25) is 0 Å². The molecule has 4 atom stereocenters. The van der Waals surface area contributed by atoms with Gasteiger partial charge in [0.1, 0.15) is 11.6 Å². The van der Waals surface area contributed by atoms with E-state index in [4.69, 9.17) is 28.2 Å². The number of benzene rings is 1. The van der Waals surface area contributed by atoms with E-state index in [-0.39, 0.29) is 24.2 Å². The van der Waals surface area contributed by atoms with Crippen molar-refractivity contribution < 1.29 is 9.90 Å². The Morgan fingerprint density at radius 2 is 2.16 bits per heavy atom. The van der Waals surface area contributed by atoms with E-state index in [0.717, 1.165) is 49.1 Å². The quantitative estimate of drug-likeness (QED) is 0.426. The third-order valence-corrected chi connectivity index (χ3v) is 8.24. The van der Waals surface area contributed by atoms with Crippen LogP contribution in [0.1, 0.15) is 68.9 Å². The molecule has 0 radical (unpaired) electrons. The first-order chi connectivity index (χ1) is 17.8. The van der Waals surface area contributed by atoms with E-state index in [2.05, 4.69) is 34.1 Å². The average molecular weight is 539 g/mol. The van der Waals surface area contributed by atoms with Crippen LogP contribution < -0.4 is 0 Å². The van der Waals surface area contributed by atoms with Gasteiger partial charge < -0.3 is 5.11 Å². The molecule has 0 amide bonds. The fraction of sp³-hybridized carbons (Fsp3) is 0.444. The number of nitriles is 1. The normalized spacial score (nSPS) is 23.1. The topological polar surface area (TPSA) is 108 Å². The molecule has 10 heteroatoms. The summed E-state index contributed by atoms with van der Waals surface area (Å²) in [6.07, 6.45) is 7.77. The molecule has 5 rings (SSSR count). The molecular weight excluding hydrogens is 511 g/mol. The largest absolute Gasteiger partial charge is 0.481 e. The molecule has 1 aliphatic carbocycles. The number of aromatic nitrogens is 4. The number of allylic oxidation sites excluding steroid dienone is 1. The summed E-state index contributed by atoms with van der Waals surface area (Å²) in [7, 11) is 0. The zero-order valence-corrected chi connectivity index (χ0v) is 22.2.